The Morgan fingerprint density at radius 1 is 1.04 bits per heavy atom. The average molecular weight is 343 g/mol. The van der Waals surface area contributed by atoms with Crippen LogP contribution in [0.1, 0.15) is 42.6 Å². The largest absolute Gasteiger partial charge is 0.399 e. The molecule has 128 valence electrons. The van der Waals surface area contributed by atoms with Gasteiger partial charge >= 0.3 is 0 Å². The maximum Gasteiger partial charge on any atom is 0.253 e. The van der Waals surface area contributed by atoms with Crippen LogP contribution in [0.5, 0.6) is 0 Å². The molecule has 0 spiro atoms. The van der Waals surface area contributed by atoms with Gasteiger partial charge in [0.25, 0.3) is 5.91 Å². The topological polar surface area (TPSA) is 46.3 Å². The summed E-state index contributed by atoms with van der Waals surface area (Å²) in [6.07, 6.45) is 1.92. The van der Waals surface area contributed by atoms with Crippen molar-refractivity contribution in [3.63, 3.8) is 0 Å². The van der Waals surface area contributed by atoms with E-state index in [0.29, 0.717) is 11.3 Å². The highest BCUT2D eigenvalue weighted by atomic mass is 32.2. The van der Waals surface area contributed by atoms with Gasteiger partial charge in [-0.2, -0.15) is 0 Å². The molecule has 3 nitrogen and oxygen atoms in total. The quantitative estimate of drug-likeness (QED) is 0.552. The van der Waals surface area contributed by atoms with Crippen LogP contribution in [-0.4, -0.2) is 23.9 Å². The molecule has 4 heteroatoms. The van der Waals surface area contributed by atoms with Crippen molar-refractivity contribution in [2.24, 2.45) is 0 Å². The van der Waals surface area contributed by atoms with Gasteiger partial charge in [0, 0.05) is 35.0 Å². The number of benzene rings is 2. The van der Waals surface area contributed by atoms with Crippen LogP contribution in [0, 0.1) is 0 Å². The van der Waals surface area contributed by atoms with Crippen molar-refractivity contribution in [3.8, 4) is 0 Å². The van der Waals surface area contributed by atoms with E-state index in [1.54, 1.807) is 17.8 Å². The van der Waals surface area contributed by atoms with Crippen LogP contribution in [0.2, 0.25) is 0 Å². The van der Waals surface area contributed by atoms with Crippen molar-refractivity contribution in [1.82, 2.24) is 4.90 Å². The molecule has 0 saturated carbocycles. The summed E-state index contributed by atoms with van der Waals surface area (Å²) in [5.74, 6) is 0.943. The molecule has 0 unspecified atom stereocenters. The standard InChI is InChI=1S/C20H26N2OS/c1-3-10-22(11-4-2)20(23)17-12-18(21)14-19(13-17)24-15-16-8-6-5-7-9-16/h5-9,12-14H,3-4,10-11,15,21H2,1-2H3. The molecular formula is C20H26N2OS. The number of hydrogen-bond acceptors (Lipinski definition) is 3. The Kier molecular flexibility index (Phi) is 7.19. The molecule has 2 aromatic carbocycles. The van der Waals surface area contributed by atoms with E-state index >= 15 is 0 Å². The lowest BCUT2D eigenvalue weighted by molar-refractivity contribution is 0.0755. The molecule has 0 atom stereocenters. The van der Waals surface area contributed by atoms with E-state index in [1.165, 1.54) is 5.56 Å². The van der Waals surface area contributed by atoms with Crippen LogP contribution in [-0.2, 0) is 5.75 Å². The Morgan fingerprint density at radius 3 is 2.33 bits per heavy atom. The van der Waals surface area contributed by atoms with Gasteiger partial charge in [-0.25, -0.2) is 0 Å². The molecule has 0 bridgehead atoms. The number of nitrogens with zero attached hydrogens (tertiary/aromatic N) is 1. The second kappa shape index (κ2) is 9.38. The minimum atomic E-state index is 0.0764. The average Bonchev–Trinajstić information content (AvgIpc) is 2.59. The molecule has 0 heterocycles. The first-order valence-corrected chi connectivity index (χ1v) is 9.49. The lowest BCUT2D eigenvalue weighted by Crippen LogP contribution is -2.32. The Balaban J connectivity index is 2.13. The molecule has 0 saturated heterocycles. The number of rotatable bonds is 8. The van der Waals surface area contributed by atoms with E-state index < -0.39 is 0 Å². The second-order valence-corrected chi connectivity index (χ2v) is 6.91. The fourth-order valence-corrected chi connectivity index (χ4v) is 3.56. The van der Waals surface area contributed by atoms with E-state index in [4.69, 9.17) is 5.73 Å². The summed E-state index contributed by atoms with van der Waals surface area (Å²) in [6, 6.07) is 16.0. The fraction of sp³-hybridized carbons (Fsp3) is 0.350. The molecule has 2 N–H and O–H groups in total. The predicted molar refractivity (Wildman–Crippen MR) is 103 cm³/mol. The molecule has 0 aliphatic rings. The summed E-state index contributed by atoms with van der Waals surface area (Å²) >= 11 is 1.71. The van der Waals surface area contributed by atoms with Crippen molar-refractivity contribution < 1.29 is 4.79 Å². The zero-order valence-electron chi connectivity index (χ0n) is 14.5. The lowest BCUT2D eigenvalue weighted by Gasteiger charge is -2.22. The number of nitrogens with two attached hydrogens (primary N) is 1. The van der Waals surface area contributed by atoms with Crippen molar-refractivity contribution in [1.29, 1.82) is 0 Å². The molecular weight excluding hydrogens is 316 g/mol. The SMILES string of the molecule is CCCN(CCC)C(=O)c1cc(N)cc(SCc2ccccc2)c1. The highest BCUT2D eigenvalue weighted by molar-refractivity contribution is 7.98. The first-order chi connectivity index (χ1) is 11.6. The Morgan fingerprint density at radius 2 is 1.71 bits per heavy atom. The highest BCUT2D eigenvalue weighted by Crippen LogP contribution is 2.26. The zero-order chi connectivity index (χ0) is 17.4. The first kappa shape index (κ1) is 18.4. The lowest BCUT2D eigenvalue weighted by atomic mass is 10.1. The monoisotopic (exact) mass is 342 g/mol. The third-order valence-corrected chi connectivity index (χ3v) is 4.75. The minimum Gasteiger partial charge on any atom is -0.399 e. The summed E-state index contributed by atoms with van der Waals surface area (Å²) in [5, 5.41) is 0. The maximum absolute atomic E-state index is 12.8. The van der Waals surface area contributed by atoms with Gasteiger partial charge in [0.05, 0.1) is 0 Å². The first-order valence-electron chi connectivity index (χ1n) is 8.50. The van der Waals surface area contributed by atoms with Crippen LogP contribution < -0.4 is 5.73 Å². The van der Waals surface area contributed by atoms with Gasteiger partial charge in [0.1, 0.15) is 0 Å². The summed E-state index contributed by atoms with van der Waals surface area (Å²) < 4.78 is 0. The Bertz CT molecular complexity index is 652. The smallest absolute Gasteiger partial charge is 0.253 e. The van der Waals surface area contributed by atoms with Gasteiger partial charge in [-0.3, -0.25) is 4.79 Å². The van der Waals surface area contributed by atoms with Crippen LogP contribution in [0.25, 0.3) is 0 Å². The van der Waals surface area contributed by atoms with Gasteiger partial charge in [0.15, 0.2) is 0 Å². The van der Waals surface area contributed by atoms with E-state index in [-0.39, 0.29) is 5.91 Å². The normalized spacial score (nSPS) is 10.6. The van der Waals surface area contributed by atoms with Crippen molar-refractivity contribution in [3.05, 3.63) is 59.7 Å². The van der Waals surface area contributed by atoms with E-state index in [2.05, 4.69) is 26.0 Å². The van der Waals surface area contributed by atoms with Crippen molar-refractivity contribution in [2.75, 3.05) is 18.8 Å². The van der Waals surface area contributed by atoms with Crippen molar-refractivity contribution >= 4 is 23.4 Å². The number of nitrogen functional groups attached to an aromatic ring is 1. The molecule has 1 amide bonds. The number of hydrogen-bond donors (Lipinski definition) is 1. The summed E-state index contributed by atoms with van der Waals surface area (Å²) in [7, 11) is 0. The Labute approximate surface area is 149 Å². The number of carbonyl (C=O) groups excluding carboxylic acids is 1. The third kappa shape index (κ3) is 5.31. The van der Waals surface area contributed by atoms with E-state index in [1.807, 2.05) is 35.2 Å². The van der Waals surface area contributed by atoms with Crippen LogP contribution in [0.15, 0.2) is 53.4 Å². The number of carbonyl (C=O) groups is 1. The molecule has 2 rings (SSSR count). The van der Waals surface area contributed by atoms with Gasteiger partial charge in [-0.1, -0.05) is 44.2 Å². The third-order valence-electron chi connectivity index (χ3n) is 3.70. The molecule has 24 heavy (non-hydrogen) atoms. The fourth-order valence-electron chi connectivity index (χ4n) is 2.61. The number of thioether (sulfide) groups is 1. The second-order valence-electron chi connectivity index (χ2n) is 5.86. The zero-order valence-corrected chi connectivity index (χ0v) is 15.3. The van der Waals surface area contributed by atoms with Crippen LogP contribution in [0.4, 0.5) is 5.69 Å². The molecule has 0 aliphatic carbocycles. The Hall–Kier alpha value is -1.94. The number of anilines is 1. The molecule has 0 radical (unpaired) electrons. The molecule has 0 fully saturated rings. The summed E-state index contributed by atoms with van der Waals surface area (Å²) in [5.41, 5.74) is 8.62. The van der Waals surface area contributed by atoms with Crippen LogP contribution in [0.3, 0.4) is 0 Å². The number of amides is 1. The summed E-state index contributed by atoms with van der Waals surface area (Å²) in [4.78, 5) is 15.7. The van der Waals surface area contributed by atoms with Gasteiger partial charge in [0.2, 0.25) is 0 Å². The van der Waals surface area contributed by atoms with E-state index in [9.17, 15) is 4.79 Å². The van der Waals surface area contributed by atoms with Gasteiger partial charge in [-0.15, -0.1) is 11.8 Å². The minimum absolute atomic E-state index is 0.0764. The molecule has 2 aromatic rings. The molecule has 0 aromatic heterocycles. The molecule has 0 aliphatic heterocycles. The van der Waals surface area contributed by atoms with Crippen LogP contribution >= 0.6 is 11.8 Å². The highest BCUT2D eigenvalue weighted by Gasteiger charge is 2.15. The predicted octanol–water partition coefficient (Wildman–Crippen LogP) is 4.82. The maximum atomic E-state index is 12.8. The van der Waals surface area contributed by atoms with E-state index in [0.717, 1.165) is 36.6 Å². The van der Waals surface area contributed by atoms with Gasteiger partial charge < -0.3 is 10.6 Å². The summed E-state index contributed by atoms with van der Waals surface area (Å²) in [6.45, 7) is 5.76. The van der Waals surface area contributed by atoms with Gasteiger partial charge in [-0.05, 0) is 36.6 Å². The van der Waals surface area contributed by atoms with Crippen molar-refractivity contribution in [2.45, 2.75) is 37.3 Å².